The van der Waals surface area contributed by atoms with Crippen molar-refractivity contribution in [3.05, 3.63) is 35.5 Å². The molecular weight excluding hydrogens is 327 g/mol. The zero-order valence-electron chi connectivity index (χ0n) is 13.7. The Balaban J connectivity index is -0.000000108. The van der Waals surface area contributed by atoms with E-state index in [-0.39, 0.29) is 53.2 Å². The van der Waals surface area contributed by atoms with Crippen molar-refractivity contribution >= 4 is 17.3 Å². The molecule has 0 atom stereocenters. The second-order valence-electron chi connectivity index (χ2n) is 4.19. The molecule has 0 unspecified atom stereocenters. The molecule has 0 fully saturated rings. The van der Waals surface area contributed by atoms with E-state index in [9.17, 15) is 14.4 Å². The van der Waals surface area contributed by atoms with Crippen molar-refractivity contribution in [1.82, 2.24) is 0 Å². The fourth-order valence-electron chi connectivity index (χ4n) is 0.882. The Kier molecular flexibility index (Phi) is 22.3. The van der Waals surface area contributed by atoms with Gasteiger partial charge in [-0.1, -0.05) is 0 Å². The summed E-state index contributed by atoms with van der Waals surface area (Å²) in [6, 6.07) is 0. The van der Waals surface area contributed by atoms with Gasteiger partial charge in [-0.15, -0.1) is 0 Å². The van der Waals surface area contributed by atoms with Gasteiger partial charge < -0.3 is 15.3 Å². The number of allylic oxidation sites excluding steroid dienone is 6. The van der Waals surface area contributed by atoms with Gasteiger partial charge in [0.2, 0.25) is 0 Å². The van der Waals surface area contributed by atoms with Gasteiger partial charge in [0.15, 0.2) is 17.3 Å². The van der Waals surface area contributed by atoms with Gasteiger partial charge in [-0.05, 0) is 41.5 Å². The smallest absolute Gasteiger partial charge is 0.155 e. The van der Waals surface area contributed by atoms with Crippen LogP contribution in [0.2, 0.25) is 0 Å². The molecule has 0 aliphatic heterocycles. The van der Waals surface area contributed by atoms with Crippen molar-refractivity contribution in [1.29, 1.82) is 0 Å². The topological polar surface area (TPSA) is 112 Å². The number of carbonyl (C=O) groups excluding carboxylic acids is 3. The quantitative estimate of drug-likeness (QED) is 0.532. The first-order valence-corrected chi connectivity index (χ1v) is 6.02. The fraction of sp³-hybridized carbons (Fsp3) is 0.400. The Morgan fingerprint density at radius 1 is 0.545 bits per heavy atom. The summed E-state index contributed by atoms with van der Waals surface area (Å²) in [6.07, 6.45) is 3.50. The Labute approximate surface area is 143 Å². The van der Waals surface area contributed by atoms with E-state index in [1.54, 1.807) is 0 Å². The van der Waals surface area contributed by atoms with Crippen molar-refractivity contribution in [3.63, 3.8) is 0 Å². The summed E-state index contributed by atoms with van der Waals surface area (Å²) < 4.78 is 0. The summed E-state index contributed by atoms with van der Waals surface area (Å²) in [7, 11) is 0. The Morgan fingerprint density at radius 2 is 0.682 bits per heavy atom. The van der Waals surface area contributed by atoms with Gasteiger partial charge in [-0.3, -0.25) is 14.4 Å². The van der Waals surface area contributed by atoms with Crippen molar-refractivity contribution in [2.45, 2.75) is 41.5 Å². The van der Waals surface area contributed by atoms with Crippen molar-refractivity contribution < 1.29 is 48.3 Å². The predicted molar refractivity (Wildman–Crippen MR) is 81.2 cm³/mol. The van der Waals surface area contributed by atoms with Crippen molar-refractivity contribution in [2.24, 2.45) is 0 Å². The molecular formula is C15H24O6V. The first-order chi connectivity index (χ1) is 9.38. The van der Waals surface area contributed by atoms with E-state index in [1.165, 1.54) is 59.8 Å². The van der Waals surface area contributed by atoms with E-state index in [4.69, 9.17) is 15.3 Å². The molecule has 22 heavy (non-hydrogen) atoms. The van der Waals surface area contributed by atoms with E-state index >= 15 is 0 Å². The largest absolute Gasteiger partial charge is 0.512 e. The fourth-order valence-corrected chi connectivity index (χ4v) is 0.882. The average molecular weight is 351 g/mol. The molecule has 0 spiro atoms. The van der Waals surface area contributed by atoms with E-state index < -0.39 is 0 Å². The van der Waals surface area contributed by atoms with Crippen LogP contribution in [0.1, 0.15) is 41.5 Å². The van der Waals surface area contributed by atoms with Gasteiger partial charge in [-0.2, -0.15) is 0 Å². The van der Waals surface area contributed by atoms with Crippen LogP contribution in [-0.2, 0) is 32.9 Å². The molecule has 0 aliphatic carbocycles. The molecule has 0 rings (SSSR count). The van der Waals surface area contributed by atoms with Crippen molar-refractivity contribution in [3.8, 4) is 0 Å². The summed E-state index contributed by atoms with van der Waals surface area (Å²) in [6.45, 7) is 8.54. The zero-order valence-corrected chi connectivity index (χ0v) is 15.1. The first kappa shape index (κ1) is 28.4. The molecule has 0 aliphatic rings. The van der Waals surface area contributed by atoms with Crippen LogP contribution in [0.3, 0.4) is 0 Å². The third-order valence-electron chi connectivity index (χ3n) is 1.24. The molecule has 0 bridgehead atoms. The first-order valence-electron chi connectivity index (χ1n) is 6.02. The number of aliphatic hydroxyl groups excluding tert-OH is 3. The Morgan fingerprint density at radius 3 is 0.682 bits per heavy atom. The summed E-state index contributed by atoms with van der Waals surface area (Å²) in [5.41, 5.74) is 0. The third kappa shape index (κ3) is 51.7. The van der Waals surface area contributed by atoms with Gasteiger partial charge in [0, 0.05) is 36.8 Å². The number of hydrogen-bond donors (Lipinski definition) is 3. The van der Waals surface area contributed by atoms with Crippen LogP contribution >= 0.6 is 0 Å². The molecule has 0 aromatic rings. The van der Waals surface area contributed by atoms with Crippen LogP contribution in [0.25, 0.3) is 0 Å². The van der Waals surface area contributed by atoms with Crippen LogP contribution in [0.15, 0.2) is 35.5 Å². The van der Waals surface area contributed by atoms with E-state index in [1.807, 2.05) is 0 Å². The normalized spacial score (nSPS) is 10.9. The van der Waals surface area contributed by atoms with Crippen LogP contribution in [0.4, 0.5) is 0 Å². The minimum absolute atomic E-state index is 0. The number of aliphatic hydroxyl groups is 3. The molecule has 0 aromatic carbocycles. The minimum Gasteiger partial charge on any atom is -0.512 e. The third-order valence-corrected chi connectivity index (χ3v) is 1.24. The number of hydrogen-bond acceptors (Lipinski definition) is 6. The van der Waals surface area contributed by atoms with Gasteiger partial charge in [0.1, 0.15) is 0 Å². The summed E-state index contributed by atoms with van der Waals surface area (Å²) in [5, 5.41) is 25.1. The summed E-state index contributed by atoms with van der Waals surface area (Å²) >= 11 is 0. The van der Waals surface area contributed by atoms with Gasteiger partial charge >= 0.3 is 0 Å². The standard InChI is InChI=1S/3C5H8O2.V/c3*1-4(6)3-5(2)7;/h3*3,6H,1-2H3;/b4-3+;2*4-3-;. The van der Waals surface area contributed by atoms with Gasteiger partial charge in [0.05, 0.1) is 17.3 Å². The molecule has 0 heterocycles. The Hall–Kier alpha value is -1.79. The second-order valence-corrected chi connectivity index (χ2v) is 4.19. The Bertz CT molecular complexity index is 368. The van der Waals surface area contributed by atoms with E-state index in [0.29, 0.717) is 0 Å². The number of rotatable bonds is 3. The van der Waals surface area contributed by atoms with Crippen LogP contribution < -0.4 is 0 Å². The molecule has 6 nitrogen and oxygen atoms in total. The number of ketones is 3. The van der Waals surface area contributed by atoms with E-state index in [2.05, 4.69) is 0 Å². The molecule has 0 amide bonds. The predicted octanol–water partition coefficient (Wildman–Crippen LogP) is 3.11. The molecule has 1 radical (unpaired) electrons. The maximum Gasteiger partial charge on any atom is 0.155 e. The summed E-state index contributed by atoms with van der Waals surface area (Å²) in [4.78, 5) is 30.1. The van der Waals surface area contributed by atoms with Crippen LogP contribution in [0.5, 0.6) is 0 Å². The molecule has 0 saturated carbocycles. The number of carbonyl (C=O) groups is 3. The minimum atomic E-state index is -0.125. The van der Waals surface area contributed by atoms with Crippen LogP contribution in [0, 0.1) is 0 Å². The molecule has 7 heteroatoms. The van der Waals surface area contributed by atoms with Gasteiger partial charge in [-0.25, -0.2) is 0 Å². The zero-order chi connectivity index (χ0) is 17.6. The van der Waals surface area contributed by atoms with Crippen molar-refractivity contribution in [2.75, 3.05) is 0 Å². The monoisotopic (exact) mass is 351 g/mol. The molecule has 0 saturated heterocycles. The SMILES string of the molecule is CC(=O)/C=C(/C)O.CC(=O)/C=C(/C)O.CC(=O)/C=C(\C)O.[V]. The molecule has 0 aromatic heterocycles. The van der Waals surface area contributed by atoms with Gasteiger partial charge in [0.25, 0.3) is 0 Å². The maximum atomic E-state index is 10.0. The summed E-state index contributed by atoms with van der Waals surface area (Å²) in [5.74, 6) is -0.187. The average Bonchev–Trinajstić information content (AvgIpc) is 2.10. The molecule has 3 N–H and O–H groups in total. The molecule has 125 valence electrons. The maximum absolute atomic E-state index is 10.0. The van der Waals surface area contributed by atoms with E-state index in [0.717, 1.165) is 0 Å². The second kappa shape index (κ2) is 17.3. The van der Waals surface area contributed by atoms with Crippen LogP contribution in [-0.4, -0.2) is 32.7 Å².